The standard InChI is InChI=1S/C10H9NO4/c12-10(13)8-4-2-6-1-3-7(11(14)15)5-9(6)8/h1,3,5,8H,2,4H2,(H,12,13)/t8-/m1/s1. The van der Waals surface area contributed by atoms with Crippen molar-refractivity contribution in [1.29, 1.82) is 0 Å². The van der Waals surface area contributed by atoms with E-state index in [1.807, 2.05) is 0 Å². The molecule has 1 N–H and O–H groups in total. The third-order valence-corrected chi connectivity index (χ3v) is 2.72. The molecule has 0 fully saturated rings. The molecular formula is C10H9NO4. The Morgan fingerprint density at radius 3 is 2.87 bits per heavy atom. The fraction of sp³-hybridized carbons (Fsp3) is 0.300. The Morgan fingerprint density at radius 1 is 1.53 bits per heavy atom. The molecule has 2 rings (SSSR count). The summed E-state index contributed by atoms with van der Waals surface area (Å²) in [5.74, 6) is -1.49. The highest BCUT2D eigenvalue weighted by atomic mass is 16.6. The number of aryl methyl sites for hydroxylation is 1. The number of benzene rings is 1. The number of aliphatic carboxylic acids is 1. The number of nitro benzene ring substituents is 1. The van der Waals surface area contributed by atoms with Crippen LogP contribution in [-0.2, 0) is 11.2 Å². The molecule has 1 aromatic carbocycles. The van der Waals surface area contributed by atoms with E-state index < -0.39 is 16.8 Å². The summed E-state index contributed by atoms with van der Waals surface area (Å²) in [4.78, 5) is 20.9. The Bertz CT molecular complexity index is 441. The van der Waals surface area contributed by atoms with Crippen LogP contribution in [0.5, 0.6) is 0 Å². The monoisotopic (exact) mass is 207 g/mol. The molecule has 0 radical (unpaired) electrons. The lowest BCUT2D eigenvalue weighted by molar-refractivity contribution is -0.384. The summed E-state index contributed by atoms with van der Waals surface area (Å²) in [5, 5.41) is 19.5. The first-order valence-electron chi connectivity index (χ1n) is 4.59. The second kappa shape index (κ2) is 3.34. The van der Waals surface area contributed by atoms with Gasteiger partial charge in [0.05, 0.1) is 10.8 Å². The summed E-state index contributed by atoms with van der Waals surface area (Å²) >= 11 is 0. The molecule has 0 aliphatic heterocycles. The Hall–Kier alpha value is -1.91. The fourth-order valence-electron chi connectivity index (χ4n) is 1.96. The van der Waals surface area contributed by atoms with Gasteiger partial charge in [0.1, 0.15) is 0 Å². The first kappa shape index (κ1) is 9.64. The lowest BCUT2D eigenvalue weighted by Crippen LogP contribution is -2.07. The first-order chi connectivity index (χ1) is 7.09. The van der Waals surface area contributed by atoms with Crippen LogP contribution < -0.4 is 0 Å². The van der Waals surface area contributed by atoms with Crippen LogP contribution in [0.1, 0.15) is 23.5 Å². The molecule has 0 heterocycles. The molecule has 1 aliphatic carbocycles. The van der Waals surface area contributed by atoms with Crippen LogP contribution in [0.15, 0.2) is 18.2 Å². The Kier molecular flexibility index (Phi) is 2.15. The zero-order valence-electron chi connectivity index (χ0n) is 7.84. The highest BCUT2D eigenvalue weighted by Crippen LogP contribution is 2.35. The van der Waals surface area contributed by atoms with Gasteiger partial charge >= 0.3 is 5.97 Å². The molecule has 1 aliphatic rings. The predicted octanol–water partition coefficient (Wildman–Crippen LogP) is 1.71. The normalized spacial score (nSPS) is 18.5. The smallest absolute Gasteiger partial charge is 0.310 e. The van der Waals surface area contributed by atoms with Gasteiger partial charge in [-0.3, -0.25) is 14.9 Å². The summed E-state index contributed by atoms with van der Waals surface area (Å²) in [6, 6.07) is 4.45. The number of carbonyl (C=O) groups is 1. The van der Waals surface area contributed by atoms with Crippen molar-refractivity contribution >= 4 is 11.7 Å². The van der Waals surface area contributed by atoms with E-state index in [-0.39, 0.29) is 5.69 Å². The second-order valence-corrected chi connectivity index (χ2v) is 3.57. The minimum Gasteiger partial charge on any atom is -0.481 e. The average Bonchev–Trinajstić information content (AvgIpc) is 2.59. The van der Waals surface area contributed by atoms with E-state index in [9.17, 15) is 14.9 Å². The Morgan fingerprint density at radius 2 is 2.27 bits per heavy atom. The van der Waals surface area contributed by atoms with Gasteiger partial charge in [0, 0.05) is 12.1 Å². The molecular weight excluding hydrogens is 198 g/mol. The summed E-state index contributed by atoms with van der Waals surface area (Å²) < 4.78 is 0. The van der Waals surface area contributed by atoms with Crippen LogP contribution >= 0.6 is 0 Å². The number of nitrogens with zero attached hydrogens (tertiary/aromatic N) is 1. The van der Waals surface area contributed by atoms with Crippen LogP contribution in [0.3, 0.4) is 0 Å². The molecule has 5 heteroatoms. The summed E-state index contributed by atoms with van der Waals surface area (Å²) in [7, 11) is 0. The molecule has 1 aromatic rings. The maximum atomic E-state index is 10.9. The summed E-state index contributed by atoms with van der Waals surface area (Å²) in [5.41, 5.74) is 1.46. The molecule has 0 spiro atoms. The highest BCUT2D eigenvalue weighted by Gasteiger charge is 2.29. The van der Waals surface area contributed by atoms with Crippen molar-refractivity contribution in [3.8, 4) is 0 Å². The summed E-state index contributed by atoms with van der Waals surface area (Å²) in [6.45, 7) is 0. The van der Waals surface area contributed by atoms with E-state index in [2.05, 4.69) is 0 Å². The predicted molar refractivity (Wildman–Crippen MR) is 51.8 cm³/mol. The molecule has 78 valence electrons. The van der Waals surface area contributed by atoms with Crippen LogP contribution in [-0.4, -0.2) is 16.0 Å². The second-order valence-electron chi connectivity index (χ2n) is 3.57. The average molecular weight is 207 g/mol. The van der Waals surface area contributed by atoms with E-state index in [0.29, 0.717) is 18.4 Å². The van der Waals surface area contributed by atoms with Gasteiger partial charge in [0.25, 0.3) is 5.69 Å². The van der Waals surface area contributed by atoms with Crippen LogP contribution in [0, 0.1) is 10.1 Å². The zero-order chi connectivity index (χ0) is 11.0. The number of nitro groups is 1. The van der Waals surface area contributed by atoms with Crippen molar-refractivity contribution in [2.45, 2.75) is 18.8 Å². The molecule has 0 unspecified atom stereocenters. The largest absolute Gasteiger partial charge is 0.481 e. The topological polar surface area (TPSA) is 80.4 Å². The van der Waals surface area contributed by atoms with Gasteiger partial charge in [-0.05, 0) is 24.0 Å². The number of carboxylic acid groups (broad SMARTS) is 1. The third kappa shape index (κ3) is 1.56. The van der Waals surface area contributed by atoms with Gasteiger partial charge in [0.15, 0.2) is 0 Å². The Balaban J connectivity index is 2.46. The molecule has 15 heavy (non-hydrogen) atoms. The number of rotatable bonds is 2. The minimum absolute atomic E-state index is 0.0399. The number of fused-ring (bicyclic) bond motifs is 1. The van der Waals surface area contributed by atoms with Crippen LogP contribution in [0.4, 0.5) is 5.69 Å². The van der Waals surface area contributed by atoms with Crippen molar-refractivity contribution in [2.24, 2.45) is 0 Å². The summed E-state index contributed by atoms with van der Waals surface area (Å²) in [6.07, 6.45) is 1.22. The molecule has 1 atom stereocenters. The number of carboxylic acids is 1. The van der Waals surface area contributed by atoms with Gasteiger partial charge in [-0.15, -0.1) is 0 Å². The van der Waals surface area contributed by atoms with Gasteiger partial charge in [0.2, 0.25) is 0 Å². The lowest BCUT2D eigenvalue weighted by Gasteiger charge is -2.04. The van der Waals surface area contributed by atoms with Gasteiger partial charge in [-0.25, -0.2) is 0 Å². The molecule has 5 nitrogen and oxygen atoms in total. The van der Waals surface area contributed by atoms with E-state index >= 15 is 0 Å². The van der Waals surface area contributed by atoms with Crippen molar-refractivity contribution < 1.29 is 14.8 Å². The Labute approximate surface area is 85.5 Å². The maximum absolute atomic E-state index is 10.9. The van der Waals surface area contributed by atoms with E-state index in [1.54, 1.807) is 6.07 Å². The maximum Gasteiger partial charge on any atom is 0.310 e. The highest BCUT2D eigenvalue weighted by molar-refractivity contribution is 5.78. The lowest BCUT2D eigenvalue weighted by atomic mass is 10.0. The van der Waals surface area contributed by atoms with Crippen LogP contribution in [0.2, 0.25) is 0 Å². The van der Waals surface area contributed by atoms with E-state index in [0.717, 1.165) is 5.56 Å². The van der Waals surface area contributed by atoms with Crippen molar-refractivity contribution in [3.05, 3.63) is 39.4 Å². The van der Waals surface area contributed by atoms with E-state index in [4.69, 9.17) is 5.11 Å². The molecule has 0 aromatic heterocycles. The molecule has 0 bridgehead atoms. The third-order valence-electron chi connectivity index (χ3n) is 2.72. The molecule has 0 saturated heterocycles. The quantitative estimate of drug-likeness (QED) is 0.591. The van der Waals surface area contributed by atoms with Crippen molar-refractivity contribution in [3.63, 3.8) is 0 Å². The first-order valence-corrected chi connectivity index (χ1v) is 4.59. The minimum atomic E-state index is -0.908. The number of hydrogen-bond donors (Lipinski definition) is 1. The van der Waals surface area contributed by atoms with Crippen LogP contribution in [0.25, 0.3) is 0 Å². The fourth-order valence-corrected chi connectivity index (χ4v) is 1.96. The SMILES string of the molecule is O=C(O)[C@@H]1CCc2ccc([N+](=O)[O-])cc21. The molecule has 0 saturated carbocycles. The van der Waals surface area contributed by atoms with Crippen molar-refractivity contribution in [2.75, 3.05) is 0 Å². The number of hydrogen-bond acceptors (Lipinski definition) is 3. The zero-order valence-corrected chi connectivity index (χ0v) is 7.84. The van der Waals surface area contributed by atoms with E-state index in [1.165, 1.54) is 12.1 Å². The van der Waals surface area contributed by atoms with Gasteiger partial charge in [-0.2, -0.15) is 0 Å². The van der Waals surface area contributed by atoms with Gasteiger partial charge < -0.3 is 5.11 Å². The van der Waals surface area contributed by atoms with Gasteiger partial charge in [-0.1, -0.05) is 6.07 Å². The number of non-ortho nitro benzene ring substituents is 1. The molecule has 0 amide bonds. The van der Waals surface area contributed by atoms with Crippen molar-refractivity contribution in [1.82, 2.24) is 0 Å².